The van der Waals surface area contributed by atoms with Crippen LogP contribution in [0.5, 0.6) is 0 Å². The summed E-state index contributed by atoms with van der Waals surface area (Å²) in [6, 6.07) is 3.93. The third-order valence-corrected chi connectivity index (χ3v) is 5.63. The first kappa shape index (κ1) is 16.1. The van der Waals surface area contributed by atoms with Gasteiger partial charge in [0.1, 0.15) is 10.7 Å². The summed E-state index contributed by atoms with van der Waals surface area (Å²) in [6.07, 6.45) is 6.05. The van der Waals surface area contributed by atoms with Crippen molar-refractivity contribution in [3.8, 4) is 10.7 Å². The molecule has 2 amide bonds. The van der Waals surface area contributed by atoms with Gasteiger partial charge in [0.15, 0.2) is 0 Å². The third kappa shape index (κ3) is 3.26. The average molecular weight is 357 g/mol. The SMILES string of the molecule is O=C1C(=O)N(C2CCCC2)CCN1Cc1ccc(-c2nccs2)nn1. The summed E-state index contributed by atoms with van der Waals surface area (Å²) in [5.74, 6) is -0.797. The van der Waals surface area contributed by atoms with Gasteiger partial charge in [0.25, 0.3) is 0 Å². The fourth-order valence-corrected chi connectivity index (χ4v) is 4.11. The van der Waals surface area contributed by atoms with Crippen molar-refractivity contribution in [3.63, 3.8) is 0 Å². The number of rotatable bonds is 4. The highest BCUT2D eigenvalue weighted by molar-refractivity contribution is 7.13. The normalized spacial score (nSPS) is 19.0. The minimum Gasteiger partial charge on any atom is -0.330 e. The van der Waals surface area contributed by atoms with Gasteiger partial charge < -0.3 is 9.80 Å². The summed E-state index contributed by atoms with van der Waals surface area (Å²) in [5, 5.41) is 11.1. The summed E-state index contributed by atoms with van der Waals surface area (Å²) >= 11 is 1.50. The highest BCUT2D eigenvalue weighted by Gasteiger charge is 2.37. The molecule has 0 bridgehead atoms. The Kier molecular flexibility index (Phi) is 4.44. The van der Waals surface area contributed by atoms with Crippen LogP contribution in [-0.2, 0) is 16.1 Å². The van der Waals surface area contributed by atoms with Crippen molar-refractivity contribution in [2.75, 3.05) is 13.1 Å². The van der Waals surface area contributed by atoms with Gasteiger partial charge in [-0.25, -0.2) is 4.98 Å². The van der Waals surface area contributed by atoms with E-state index in [1.54, 1.807) is 16.0 Å². The second kappa shape index (κ2) is 6.87. The van der Waals surface area contributed by atoms with E-state index in [1.807, 2.05) is 17.5 Å². The topological polar surface area (TPSA) is 79.3 Å². The van der Waals surface area contributed by atoms with Crippen molar-refractivity contribution in [3.05, 3.63) is 29.4 Å². The Labute approximate surface area is 149 Å². The molecular formula is C17H19N5O2S. The highest BCUT2D eigenvalue weighted by Crippen LogP contribution is 2.25. The maximum atomic E-state index is 12.4. The van der Waals surface area contributed by atoms with Crippen LogP contribution in [0.1, 0.15) is 31.4 Å². The van der Waals surface area contributed by atoms with Crippen LogP contribution < -0.4 is 0 Å². The second-order valence-electron chi connectivity index (χ2n) is 6.41. The summed E-state index contributed by atoms with van der Waals surface area (Å²) in [5.41, 5.74) is 1.39. The molecule has 8 heteroatoms. The Bertz CT molecular complexity index is 756. The molecule has 2 aliphatic rings. The van der Waals surface area contributed by atoms with Gasteiger partial charge in [0, 0.05) is 30.7 Å². The van der Waals surface area contributed by atoms with E-state index < -0.39 is 5.91 Å². The summed E-state index contributed by atoms with van der Waals surface area (Å²) < 4.78 is 0. The number of amides is 2. The van der Waals surface area contributed by atoms with Crippen LogP contribution in [-0.4, -0.2) is 55.9 Å². The monoisotopic (exact) mass is 357 g/mol. The van der Waals surface area contributed by atoms with Crippen molar-refractivity contribution in [1.82, 2.24) is 25.0 Å². The van der Waals surface area contributed by atoms with Gasteiger partial charge in [-0.3, -0.25) is 9.59 Å². The van der Waals surface area contributed by atoms with Crippen molar-refractivity contribution in [2.45, 2.75) is 38.3 Å². The van der Waals surface area contributed by atoms with Crippen LogP contribution in [0.25, 0.3) is 10.7 Å². The molecule has 2 aromatic heterocycles. The molecule has 0 spiro atoms. The summed E-state index contributed by atoms with van der Waals surface area (Å²) in [6.45, 7) is 1.48. The summed E-state index contributed by atoms with van der Waals surface area (Å²) in [7, 11) is 0. The van der Waals surface area contributed by atoms with Crippen molar-refractivity contribution in [1.29, 1.82) is 0 Å². The number of hydrogen-bond donors (Lipinski definition) is 0. The highest BCUT2D eigenvalue weighted by atomic mass is 32.1. The Balaban J connectivity index is 1.41. The van der Waals surface area contributed by atoms with Gasteiger partial charge in [-0.05, 0) is 25.0 Å². The van der Waals surface area contributed by atoms with Crippen LogP contribution in [0.4, 0.5) is 0 Å². The number of hydrogen-bond acceptors (Lipinski definition) is 6. The number of piperazine rings is 1. The number of carbonyl (C=O) groups is 2. The molecule has 1 aliphatic heterocycles. The standard InChI is InChI=1S/C17H19N5O2S/c23-16-17(24)22(13-3-1-2-4-13)9-8-21(16)11-12-5-6-14(20-19-12)15-18-7-10-25-15/h5-7,10,13H,1-4,8-9,11H2. The minimum absolute atomic E-state index is 0.246. The predicted molar refractivity (Wildman–Crippen MR) is 92.5 cm³/mol. The quantitative estimate of drug-likeness (QED) is 0.779. The first-order valence-electron chi connectivity index (χ1n) is 8.55. The van der Waals surface area contributed by atoms with Crippen LogP contribution in [0, 0.1) is 0 Å². The molecule has 1 aliphatic carbocycles. The molecule has 0 atom stereocenters. The molecule has 0 aromatic carbocycles. The first-order chi connectivity index (χ1) is 12.2. The van der Waals surface area contributed by atoms with Crippen molar-refractivity contribution < 1.29 is 9.59 Å². The maximum Gasteiger partial charge on any atom is 0.312 e. The van der Waals surface area contributed by atoms with Crippen molar-refractivity contribution in [2.24, 2.45) is 0 Å². The fraction of sp³-hybridized carbons (Fsp3) is 0.471. The van der Waals surface area contributed by atoms with Gasteiger partial charge in [-0.2, -0.15) is 5.10 Å². The van der Waals surface area contributed by atoms with Gasteiger partial charge in [0.2, 0.25) is 0 Å². The predicted octanol–water partition coefficient (Wildman–Crippen LogP) is 1.71. The molecule has 25 heavy (non-hydrogen) atoms. The van der Waals surface area contributed by atoms with E-state index in [0.717, 1.165) is 30.7 Å². The van der Waals surface area contributed by atoms with Gasteiger partial charge in [-0.1, -0.05) is 12.8 Å². The molecule has 7 nitrogen and oxygen atoms in total. The number of thiazole rings is 1. The molecule has 0 radical (unpaired) electrons. The molecule has 2 aromatic rings. The molecule has 1 saturated carbocycles. The Hall–Kier alpha value is -2.35. The van der Waals surface area contributed by atoms with E-state index in [9.17, 15) is 9.59 Å². The third-order valence-electron chi connectivity index (χ3n) is 4.83. The average Bonchev–Trinajstić information content (AvgIpc) is 3.33. The van der Waals surface area contributed by atoms with E-state index in [1.165, 1.54) is 11.3 Å². The minimum atomic E-state index is -0.427. The van der Waals surface area contributed by atoms with Crippen LogP contribution in [0.2, 0.25) is 0 Å². The lowest BCUT2D eigenvalue weighted by Gasteiger charge is -2.36. The van der Waals surface area contributed by atoms with E-state index in [2.05, 4.69) is 15.2 Å². The zero-order chi connectivity index (χ0) is 17.2. The lowest BCUT2D eigenvalue weighted by atomic mass is 10.1. The molecule has 1 saturated heterocycles. The molecule has 4 rings (SSSR count). The summed E-state index contributed by atoms with van der Waals surface area (Å²) in [4.78, 5) is 32.4. The van der Waals surface area contributed by atoms with E-state index in [0.29, 0.717) is 31.0 Å². The Morgan fingerprint density at radius 3 is 2.60 bits per heavy atom. The van der Waals surface area contributed by atoms with Crippen LogP contribution >= 0.6 is 11.3 Å². The zero-order valence-corrected chi connectivity index (χ0v) is 14.6. The molecule has 2 fully saturated rings. The maximum absolute atomic E-state index is 12.4. The number of aromatic nitrogens is 3. The fourth-order valence-electron chi connectivity index (χ4n) is 3.51. The van der Waals surface area contributed by atoms with Crippen LogP contribution in [0.3, 0.4) is 0 Å². The molecular weight excluding hydrogens is 338 g/mol. The lowest BCUT2D eigenvalue weighted by Crippen LogP contribution is -2.56. The Morgan fingerprint density at radius 2 is 1.92 bits per heavy atom. The van der Waals surface area contributed by atoms with E-state index in [4.69, 9.17) is 0 Å². The lowest BCUT2D eigenvalue weighted by molar-refractivity contribution is -0.158. The van der Waals surface area contributed by atoms with E-state index >= 15 is 0 Å². The second-order valence-corrected chi connectivity index (χ2v) is 7.31. The van der Waals surface area contributed by atoms with Gasteiger partial charge >= 0.3 is 11.8 Å². The first-order valence-corrected chi connectivity index (χ1v) is 9.42. The molecule has 3 heterocycles. The molecule has 0 unspecified atom stereocenters. The smallest absolute Gasteiger partial charge is 0.312 e. The number of nitrogens with zero attached hydrogens (tertiary/aromatic N) is 5. The molecule has 0 N–H and O–H groups in total. The van der Waals surface area contributed by atoms with E-state index in [-0.39, 0.29) is 11.9 Å². The van der Waals surface area contributed by atoms with Crippen LogP contribution in [0.15, 0.2) is 23.7 Å². The van der Waals surface area contributed by atoms with Gasteiger partial charge in [0.05, 0.1) is 12.2 Å². The van der Waals surface area contributed by atoms with Gasteiger partial charge in [-0.15, -0.1) is 16.4 Å². The number of carbonyl (C=O) groups excluding carboxylic acids is 2. The largest absolute Gasteiger partial charge is 0.330 e. The molecule has 130 valence electrons. The Morgan fingerprint density at radius 1 is 1.08 bits per heavy atom. The van der Waals surface area contributed by atoms with Crippen molar-refractivity contribution >= 4 is 23.2 Å². The zero-order valence-electron chi connectivity index (χ0n) is 13.8.